The van der Waals surface area contributed by atoms with Crippen molar-refractivity contribution in [1.82, 2.24) is 5.06 Å². The van der Waals surface area contributed by atoms with Crippen molar-refractivity contribution >= 4 is 5.91 Å². The summed E-state index contributed by atoms with van der Waals surface area (Å²) in [7, 11) is 2.95. The van der Waals surface area contributed by atoms with E-state index in [1.165, 1.54) is 14.2 Å². The zero-order chi connectivity index (χ0) is 9.72. The number of hydrogen-bond donors (Lipinski definition) is 1. The summed E-state index contributed by atoms with van der Waals surface area (Å²) < 4.78 is 0. The molecule has 0 aromatic rings. The lowest BCUT2D eigenvalue weighted by Crippen LogP contribution is -2.36. The van der Waals surface area contributed by atoms with Crippen LogP contribution in [0.5, 0.6) is 0 Å². The quantitative estimate of drug-likeness (QED) is 0.630. The summed E-state index contributed by atoms with van der Waals surface area (Å²) in [6, 6.07) is 0. The molecule has 0 unspecified atom stereocenters. The Hall–Kier alpha value is -0.610. The number of aliphatic hydroxyl groups excluding tert-OH is 1. The van der Waals surface area contributed by atoms with Gasteiger partial charge in [0.2, 0.25) is 0 Å². The van der Waals surface area contributed by atoms with Crippen LogP contribution >= 0.6 is 0 Å². The molecule has 0 aliphatic rings. The van der Waals surface area contributed by atoms with E-state index in [2.05, 4.69) is 0 Å². The van der Waals surface area contributed by atoms with Gasteiger partial charge in [0.15, 0.2) is 0 Å². The third-order valence-electron chi connectivity index (χ3n) is 1.97. The van der Waals surface area contributed by atoms with Crippen molar-refractivity contribution in [3.05, 3.63) is 0 Å². The van der Waals surface area contributed by atoms with E-state index in [0.29, 0.717) is 6.42 Å². The highest BCUT2D eigenvalue weighted by Crippen LogP contribution is 2.09. The zero-order valence-corrected chi connectivity index (χ0v) is 8.07. The van der Waals surface area contributed by atoms with E-state index in [-0.39, 0.29) is 5.91 Å². The number of rotatable bonds is 4. The third-order valence-corrected chi connectivity index (χ3v) is 1.97. The van der Waals surface area contributed by atoms with Crippen molar-refractivity contribution < 1.29 is 14.7 Å². The minimum absolute atomic E-state index is 0.202. The molecule has 0 aliphatic carbocycles. The Balaban J connectivity index is 4.09. The largest absolute Gasteiger partial charge is 0.392 e. The van der Waals surface area contributed by atoms with Crippen LogP contribution < -0.4 is 0 Å². The lowest BCUT2D eigenvalue weighted by atomic mass is 10.0. The highest BCUT2D eigenvalue weighted by Gasteiger charge is 2.23. The van der Waals surface area contributed by atoms with Crippen LogP contribution in [0.25, 0.3) is 0 Å². The number of amides is 1. The van der Waals surface area contributed by atoms with Gasteiger partial charge in [0.1, 0.15) is 0 Å². The first-order chi connectivity index (χ1) is 5.54. The molecule has 0 saturated carbocycles. The highest BCUT2D eigenvalue weighted by molar-refractivity contribution is 5.77. The van der Waals surface area contributed by atoms with Gasteiger partial charge in [0, 0.05) is 7.05 Å². The fourth-order valence-corrected chi connectivity index (χ4v) is 0.895. The van der Waals surface area contributed by atoms with Crippen LogP contribution in [0.2, 0.25) is 0 Å². The molecule has 4 nitrogen and oxygen atoms in total. The van der Waals surface area contributed by atoms with Gasteiger partial charge in [0.05, 0.1) is 19.1 Å². The summed E-state index contributed by atoms with van der Waals surface area (Å²) in [5, 5.41) is 10.5. The van der Waals surface area contributed by atoms with Crippen LogP contribution in [-0.4, -0.2) is 36.3 Å². The number of carbonyl (C=O) groups excluding carboxylic acids is 1. The van der Waals surface area contributed by atoms with Crippen LogP contribution in [0, 0.1) is 5.92 Å². The Morgan fingerprint density at radius 3 is 2.50 bits per heavy atom. The predicted octanol–water partition coefficient (Wildman–Crippen LogP) is 0.413. The van der Waals surface area contributed by atoms with Gasteiger partial charge in [0.25, 0.3) is 5.91 Å². The number of carbonyl (C=O) groups is 1. The minimum Gasteiger partial charge on any atom is -0.392 e. The SMILES string of the molecule is CC[C@@H](O)[C@H](C)C(=O)N(C)OC. The van der Waals surface area contributed by atoms with Gasteiger partial charge in [-0.1, -0.05) is 13.8 Å². The van der Waals surface area contributed by atoms with Gasteiger partial charge in [-0.2, -0.15) is 0 Å². The maximum absolute atomic E-state index is 11.3. The van der Waals surface area contributed by atoms with Crippen molar-refractivity contribution in [3.8, 4) is 0 Å². The number of hydroxylamine groups is 2. The summed E-state index contributed by atoms with van der Waals surface area (Å²) >= 11 is 0. The molecular weight excluding hydrogens is 158 g/mol. The van der Waals surface area contributed by atoms with E-state index in [9.17, 15) is 9.90 Å². The van der Waals surface area contributed by atoms with Crippen molar-refractivity contribution in [1.29, 1.82) is 0 Å². The highest BCUT2D eigenvalue weighted by atomic mass is 16.7. The third kappa shape index (κ3) is 2.79. The molecule has 72 valence electrons. The standard InChI is InChI=1S/C8H17NO3/c1-5-7(10)6(2)8(11)9(3)12-4/h6-7,10H,5H2,1-4H3/t6-,7+/m0/s1. The zero-order valence-electron chi connectivity index (χ0n) is 8.07. The number of hydrogen-bond acceptors (Lipinski definition) is 3. The molecular formula is C8H17NO3. The fraction of sp³-hybridized carbons (Fsp3) is 0.875. The van der Waals surface area contributed by atoms with E-state index in [0.717, 1.165) is 5.06 Å². The maximum atomic E-state index is 11.3. The Morgan fingerprint density at radius 1 is 1.67 bits per heavy atom. The molecule has 1 N–H and O–H groups in total. The van der Waals surface area contributed by atoms with Crippen molar-refractivity contribution in [3.63, 3.8) is 0 Å². The first-order valence-electron chi connectivity index (χ1n) is 4.04. The van der Waals surface area contributed by atoms with Crippen LogP contribution in [0.1, 0.15) is 20.3 Å². The topological polar surface area (TPSA) is 49.8 Å². The van der Waals surface area contributed by atoms with Crippen LogP contribution in [-0.2, 0) is 9.63 Å². The molecule has 0 aromatic heterocycles. The summed E-state index contributed by atoms with van der Waals surface area (Å²) in [6.45, 7) is 3.52. The van der Waals surface area contributed by atoms with E-state index >= 15 is 0 Å². The summed E-state index contributed by atoms with van der Waals surface area (Å²) in [4.78, 5) is 16.0. The Morgan fingerprint density at radius 2 is 2.17 bits per heavy atom. The Labute approximate surface area is 73.1 Å². The number of nitrogens with zero attached hydrogens (tertiary/aromatic N) is 1. The van der Waals surface area contributed by atoms with Crippen LogP contribution in [0.15, 0.2) is 0 Å². The molecule has 0 rings (SSSR count). The molecule has 0 bridgehead atoms. The monoisotopic (exact) mass is 175 g/mol. The minimum atomic E-state index is -0.588. The molecule has 12 heavy (non-hydrogen) atoms. The molecule has 0 spiro atoms. The average molecular weight is 175 g/mol. The second kappa shape index (κ2) is 5.11. The predicted molar refractivity (Wildman–Crippen MR) is 45.2 cm³/mol. The van der Waals surface area contributed by atoms with Crippen LogP contribution in [0.3, 0.4) is 0 Å². The van der Waals surface area contributed by atoms with Gasteiger partial charge in [-0.05, 0) is 6.42 Å². The van der Waals surface area contributed by atoms with Gasteiger partial charge >= 0.3 is 0 Å². The van der Waals surface area contributed by atoms with Gasteiger partial charge < -0.3 is 5.11 Å². The molecule has 1 amide bonds. The van der Waals surface area contributed by atoms with Gasteiger partial charge in [-0.3, -0.25) is 9.63 Å². The Kier molecular flexibility index (Phi) is 4.85. The van der Waals surface area contributed by atoms with Gasteiger partial charge in [-0.15, -0.1) is 0 Å². The lowest BCUT2D eigenvalue weighted by Gasteiger charge is -2.21. The van der Waals surface area contributed by atoms with Crippen molar-refractivity contribution in [2.75, 3.05) is 14.2 Å². The molecule has 2 atom stereocenters. The molecule has 0 fully saturated rings. The summed E-state index contributed by atoms with van der Waals surface area (Å²) in [5.74, 6) is -0.605. The normalized spacial score (nSPS) is 15.4. The smallest absolute Gasteiger partial charge is 0.251 e. The Bertz CT molecular complexity index is 149. The maximum Gasteiger partial charge on any atom is 0.251 e. The summed E-state index contributed by atoms with van der Waals surface area (Å²) in [5.41, 5.74) is 0. The molecule has 0 heterocycles. The van der Waals surface area contributed by atoms with E-state index in [4.69, 9.17) is 4.84 Å². The van der Waals surface area contributed by atoms with E-state index < -0.39 is 12.0 Å². The van der Waals surface area contributed by atoms with Gasteiger partial charge in [-0.25, -0.2) is 5.06 Å². The second-order valence-corrected chi connectivity index (χ2v) is 2.78. The molecule has 0 radical (unpaired) electrons. The molecule has 4 heteroatoms. The number of aliphatic hydroxyl groups is 1. The second-order valence-electron chi connectivity index (χ2n) is 2.78. The summed E-state index contributed by atoms with van der Waals surface area (Å²) in [6.07, 6.45) is -0.0140. The first kappa shape index (κ1) is 11.4. The van der Waals surface area contributed by atoms with E-state index in [1.54, 1.807) is 6.92 Å². The van der Waals surface area contributed by atoms with Crippen molar-refractivity contribution in [2.24, 2.45) is 5.92 Å². The molecule has 0 saturated heterocycles. The lowest BCUT2D eigenvalue weighted by molar-refractivity contribution is -0.176. The molecule has 0 aromatic carbocycles. The fourth-order valence-electron chi connectivity index (χ4n) is 0.895. The van der Waals surface area contributed by atoms with Crippen LogP contribution in [0.4, 0.5) is 0 Å². The first-order valence-corrected chi connectivity index (χ1v) is 4.04. The average Bonchev–Trinajstić information content (AvgIpc) is 2.12. The van der Waals surface area contributed by atoms with Crippen molar-refractivity contribution in [2.45, 2.75) is 26.4 Å². The van der Waals surface area contributed by atoms with E-state index in [1.807, 2.05) is 6.92 Å². The molecule has 0 aliphatic heterocycles.